The average molecular weight is 190 g/mol. The van der Waals surface area contributed by atoms with Gasteiger partial charge >= 0.3 is 0 Å². The Morgan fingerprint density at radius 2 is 2.29 bits per heavy atom. The minimum Gasteiger partial charge on any atom is -0.396 e. The summed E-state index contributed by atoms with van der Waals surface area (Å²) in [5, 5.41) is 17.2. The molecule has 0 saturated carbocycles. The lowest BCUT2D eigenvalue weighted by molar-refractivity contribution is 0.289. The van der Waals surface area contributed by atoms with Crippen molar-refractivity contribution in [3.63, 3.8) is 0 Å². The van der Waals surface area contributed by atoms with Crippen LogP contribution in [0, 0.1) is 6.92 Å². The molecule has 0 atom stereocenters. The molecule has 74 valence electrons. The average Bonchev–Trinajstić information content (AvgIpc) is 2.58. The molecule has 0 saturated heterocycles. The van der Waals surface area contributed by atoms with Gasteiger partial charge in [0.15, 0.2) is 0 Å². The van der Waals surface area contributed by atoms with Gasteiger partial charge in [-0.3, -0.25) is 5.10 Å². The lowest BCUT2D eigenvalue weighted by Gasteiger charge is -2.01. The van der Waals surface area contributed by atoms with Crippen molar-refractivity contribution in [1.82, 2.24) is 10.2 Å². The van der Waals surface area contributed by atoms with Crippen LogP contribution in [0.3, 0.4) is 0 Å². The molecule has 0 aliphatic rings. The standard InChI is InChI=1S/C11H14N2O/c1-8-11-9(5-3-7-14)4-2-6-10(11)13-12-8/h2,4,6,14H,3,5,7H2,1H3,(H,12,13). The number of nitrogens with zero attached hydrogens (tertiary/aromatic N) is 1. The van der Waals surface area contributed by atoms with Crippen LogP contribution in [0.1, 0.15) is 17.7 Å². The normalized spacial score (nSPS) is 11.0. The molecule has 2 aromatic rings. The van der Waals surface area contributed by atoms with Crippen molar-refractivity contribution < 1.29 is 5.11 Å². The number of H-pyrrole nitrogens is 1. The van der Waals surface area contributed by atoms with Crippen LogP contribution < -0.4 is 0 Å². The summed E-state index contributed by atoms with van der Waals surface area (Å²) in [7, 11) is 0. The van der Waals surface area contributed by atoms with E-state index in [1.165, 1.54) is 10.9 Å². The minimum atomic E-state index is 0.243. The quantitative estimate of drug-likeness (QED) is 0.775. The predicted molar refractivity (Wildman–Crippen MR) is 56.2 cm³/mol. The summed E-state index contributed by atoms with van der Waals surface area (Å²) >= 11 is 0. The lowest BCUT2D eigenvalue weighted by Crippen LogP contribution is -1.90. The number of hydrogen-bond donors (Lipinski definition) is 2. The Morgan fingerprint density at radius 3 is 3.07 bits per heavy atom. The zero-order chi connectivity index (χ0) is 9.97. The maximum atomic E-state index is 8.80. The summed E-state index contributed by atoms with van der Waals surface area (Å²) in [6, 6.07) is 6.11. The monoisotopic (exact) mass is 190 g/mol. The number of aryl methyl sites for hydroxylation is 2. The van der Waals surface area contributed by atoms with Crippen LogP contribution in [0.4, 0.5) is 0 Å². The van der Waals surface area contributed by atoms with Gasteiger partial charge < -0.3 is 5.11 Å². The number of aliphatic hydroxyl groups is 1. The van der Waals surface area contributed by atoms with Crippen LogP contribution in [0.25, 0.3) is 10.9 Å². The van der Waals surface area contributed by atoms with Gasteiger partial charge in [0.2, 0.25) is 0 Å². The van der Waals surface area contributed by atoms with E-state index in [9.17, 15) is 0 Å². The first-order valence-corrected chi connectivity index (χ1v) is 4.86. The number of aliphatic hydroxyl groups excluding tert-OH is 1. The van der Waals surface area contributed by atoms with E-state index in [0.717, 1.165) is 24.1 Å². The highest BCUT2D eigenvalue weighted by Gasteiger charge is 2.05. The van der Waals surface area contributed by atoms with Crippen molar-refractivity contribution in [2.45, 2.75) is 19.8 Å². The molecule has 0 aliphatic carbocycles. The van der Waals surface area contributed by atoms with E-state index in [1.807, 2.05) is 19.1 Å². The maximum Gasteiger partial charge on any atom is 0.0926 e. The summed E-state index contributed by atoms with van der Waals surface area (Å²) in [4.78, 5) is 0. The van der Waals surface area contributed by atoms with E-state index in [0.29, 0.717) is 0 Å². The molecule has 1 heterocycles. The van der Waals surface area contributed by atoms with Gasteiger partial charge in [-0.05, 0) is 31.4 Å². The van der Waals surface area contributed by atoms with Gasteiger partial charge in [-0.25, -0.2) is 0 Å². The largest absolute Gasteiger partial charge is 0.396 e. The third kappa shape index (κ3) is 1.51. The van der Waals surface area contributed by atoms with Crippen molar-refractivity contribution in [2.75, 3.05) is 6.61 Å². The highest BCUT2D eigenvalue weighted by molar-refractivity contribution is 5.84. The molecule has 0 radical (unpaired) electrons. The Morgan fingerprint density at radius 1 is 1.43 bits per heavy atom. The molecule has 0 fully saturated rings. The Balaban J connectivity index is 2.46. The van der Waals surface area contributed by atoms with E-state index in [-0.39, 0.29) is 6.61 Å². The second kappa shape index (κ2) is 3.80. The van der Waals surface area contributed by atoms with Crippen LogP contribution >= 0.6 is 0 Å². The van der Waals surface area contributed by atoms with Gasteiger partial charge in [-0.15, -0.1) is 0 Å². The summed E-state index contributed by atoms with van der Waals surface area (Å²) in [6.07, 6.45) is 1.72. The summed E-state index contributed by atoms with van der Waals surface area (Å²) in [6.45, 7) is 2.27. The zero-order valence-corrected chi connectivity index (χ0v) is 8.25. The molecule has 1 aromatic heterocycles. The molecule has 0 unspecified atom stereocenters. The summed E-state index contributed by atoms with van der Waals surface area (Å²) in [5.74, 6) is 0. The smallest absolute Gasteiger partial charge is 0.0926 e. The number of hydrogen-bond acceptors (Lipinski definition) is 2. The summed E-state index contributed by atoms with van der Waals surface area (Å²) in [5.41, 5.74) is 3.38. The van der Waals surface area contributed by atoms with Crippen LogP contribution in [-0.4, -0.2) is 21.9 Å². The van der Waals surface area contributed by atoms with Crippen LogP contribution in [0.15, 0.2) is 18.2 Å². The van der Waals surface area contributed by atoms with E-state index in [2.05, 4.69) is 16.3 Å². The number of nitrogens with one attached hydrogen (secondary N) is 1. The van der Waals surface area contributed by atoms with Crippen molar-refractivity contribution in [3.05, 3.63) is 29.5 Å². The molecule has 3 nitrogen and oxygen atoms in total. The molecule has 0 amide bonds. The van der Waals surface area contributed by atoms with Gasteiger partial charge in [-0.2, -0.15) is 5.10 Å². The third-order valence-corrected chi connectivity index (χ3v) is 2.45. The fourth-order valence-corrected chi connectivity index (χ4v) is 1.79. The van der Waals surface area contributed by atoms with Crippen molar-refractivity contribution in [2.24, 2.45) is 0 Å². The molecule has 0 aliphatic heterocycles. The van der Waals surface area contributed by atoms with Crippen LogP contribution in [0.5, 0.6) is 0 Å². The van der Waals surface area contributed by atoms with Crippen LogP contribution in [-0.2, 0) is 6.42 Å². The molecule has 0 bridgehead atoms. The molecule has 2 N–H and O–H groups in total. The molecular weight excluding hydrogens is 176 g/mol. The molecule has 3 heteroatoms. The van der Waals surface area contributed by atoms with E-state index >= 15 is 0 Å². The Hall–Kier alpha value is -1.35. The second-order valence-electron chi connectivity index (χ2n) is 3.49. The Labute approximate surface area is 82.8 Å². The van der Waals surface area contributed by atoms with Crippen LogP contribution in [0.2, 0.25) is 0 Å². The zero-order valence-electron chi connectivity index (χ0n) is 8.25. The summed E-state index contributed by atoms with van der Waals surface area (Å²) < 4.78 is 0. The first kappa shape index (κ1) is 9.21. The first-order valence-electron chi connectivity index (χ1n) is 4.86. The molecule has 1 aromatic carbocycles. The number of aromatic amines is 1. The molecule has 14 heavy (non-hydrogen) atoms. The highest BCUT2D eigenvalue weighted by atomic mass is 16.2. The number of benzene rings is 1. The van der Waals surface area contributed by atoms with Gasteiger partial charge in [0, 0.05) is 17.7 Å². The fourth-order valence-electron chi connectivity index (χ4n) is 1.79. The van der Waals surface area contributed by atoms with Gasteiger partial charge in [0.1, 0.15) is 0 Å². The first-order chi connectivity index (χ1) is 6.83. The number of aromatic nitrogens is 2. The fraction of sp³-hybridized carbons (Fsp3) is 0.364. The van der Waals surface area contributed by atoms with Gasteiger partial charge in [-0.1, -0.05) is 12.1 Å². The Bertz CT molecular complexity index is 434. The SMILES string of the molecule is Cc1[nH]nc2cccc(CCCO)c12. The minimum absolute atomic E-state index is 0.243. The number of rotatable bonds is 3. The van der Waals surface area contributed by atoms with Crippen molar-refractivity contribution >= 4 is 10.9 Å². The van der Waals surface area contributed by atoms with E-state index in [4.69, 9.17) is 5.11 Å². The predicted octanol–water partition coefficient (Wildman–Crippen LogP) is 1.80. The van der Waals surface area contributed by atoms with Crippen molar-refractivity contribution in [1.29, 1.82) is 0 Å². The van der Waals surface area contributed by atoms with E-state index in [1.54, 1.807) is 0 Å². The second-order valence-corrected chi connectivity index (χ2v) is 3.49. The van der Waals surface area contributed by atoms with E-state index < -0.39 is 0 Å². The topological polar surface area (TPSA) is 48.9 Å². The van der Waals surface area contributed by atoms with Gasteiger partial charge in [0.05, 0.1) is 5.52 Å². The molecular formula is C11H14N2O. The van der Waals surface area contributed by atoms with Crippen molar-refractivity contribution in [3.8, 4) is 0 Å². The molecule has 2 rings (SSSR count). The maximum absolute atomic E-state index is 8.80. The van der Waals surface area contributed by atoms with Gasteiger partial charge in [0.25, 0.3) is 0 Å². The lowest BCUT2D eigenvalue weighted by atomic mass is 10.0. The Kier molecular flexibility index (Phi) is 2.50. The highest BCUT2D eigenvalue weighted by Crippen LogP contribution is 2.20. The molecule has 0 spiro atoms. The third-order valence-electron chi connectivity index (χ3n) is 2.45. The number of fused-ring (bicyclic) bond motifs is 1.